The number of nitro groups is 1. The van der Waals surface area contributed by atoms with Crippen molar-refractivity contribution < 1.29 is 4.92 Å². The van der Waals surface area contributed by atoms with Crippen molar-refractivity contribution >= 4 is 5.69 Å². The van der Waals surface area contributed by atoms with E-state index in [9.17, 15) is 19.7 Å². The molecule has 1 aromatic heterocycles. The maximum absolute atomic E-state index is 11.9. The fourth-order valence-electron chi connectivity index (χ4n) is 1.55. The van der Waals surface area contributed by atoms with E-state index >= 15 is 0 Å². The van der Waals surface area contributed by atoms with Gasteiger partial charge >= 0.3 is 16.9 Å². The van der Waals surface area contributed by atoms with E-state index in [-0.39, 0.29) is 13.1 Å². The summed E-state index contributed by atoms with van der Waals surface area (Å²) in [5.41, 5.74) is -1.95. The van der Waals surface area contributed by atoms with Gasteiger partial charge in [0.1, 0.15) is 0 Å². The van der Waals surface area contributed by atoms with Gasteiger partial charge in [0.05, 0.1) is 11.1 Å². The van der Waals surface area contributed by atoms with Gasteiger partial charge in [0, 0.05) is 19.6 Å². The molecule has 0 spiro atoms. The molecule has 0 unspecified atom stereocenters. The molecular formula is C10H16N4O4. The Morgan fingerprint density at radius 1 is 1.39 bits per heavy atom. The van der Waals surface area contributed by atoms with E-state index < -0.39 is 21.9 Å². The van der Waals surface area contributed by atoms with E-state index in [1.807, 2.05) is 6.92 Å². The number of hydrogen-bond donors (Lipinski definition) is 1. The zero-order valence-corrected chi connectivity index (χ0v) is 10.4. The Hall–Kier alpha value is -1.96. The molecule has 1 heterocycles. The highest BCUT2D eigenvalue weighted by molar-refractivity contribution is 5.21. The molecule has 18 heavy (non-hydrogen) atoms. The molecule has 0 aliphatic carbocycles. The van der Waals surface area contributed by atoms with Crippen molar-refractivity contribution in [3.63, 3.8) is 0 Å². The Bertz CT molecular complexity index is 546. The Morgan fingerprint density at radius 3 is 2.56 bits per heavy atom. The first kappa shape index (κ1) is 14.1. The van der Waals surface area contributed by atoms with Crippen molar-refractivity contribution in [2.45, 2.75) is 26.9 Å². The number of aromatic nitrogens is 2. The van der Waals surface area contributed by atoms with E-state index in [0.29, 0.717) is 13.1 Å². The fraction of sp³-hybridized carbons (Fsp3) is 0.600. The van der Waals surface area contributed by atoms with Crippen molar-refractivity contribution in [3.8, 4) is 0 Å². The van der Waals surface area contributed by atoms with E-state index in [0.717, 1.165) is 15.3 Å². The number of hydrogen-bond acceptors (Lipinski definition) is 5. The summed E-state index contributed by atoms with van der Waals surface area (Å²) in [6, 6.07) is 0. The highest BCUT2D eigenvalue weighted by Crippen LogP contribution is 2.00. The van der Waals surface area contributed by atoms with Crippen LogP contribution in [0.1, 0.15) is 13.8 Å². The Balaban J connectivity index is 3.29. The molecule has 0 aliphatic heterocycles. The Labute approximate surface area is 103 Å². The predicted molar refractivity (Wildman–Crippen MR) is 65.8 cm³/mol. The quantitative estimate of drug-likeness (QED) is 0.422. The fourth-order valence-corrected chi connectivity index (χ4v) is 1.55. The van der Waals surface area contributed by atoms with Crippen molar-refractivity contribution in [1.82, 2.24) is 14.5 Å². The van der Waals surface area contributed by atoms with Crippen LogP contribution in [0.25, 0.3) is 0 Å². The minimum absolute atomic E-state index is 0.118. The highest BCUT2D eigenvalue weighted by Gasteiger charge is 2.18. The van der Waals surface area contributed by atoms with Gasteiger partial charge in [-0.1, -0.05) is 6.92 Å². The molecule has 1 aromatic rings. The van der Waals surface area contributed by atoms with Crippen LogP contribution in [-0.2, 0) is 13.1 Å². The lowest BCUT2D eigenvalue weighted by Crippen LogP contribution is -2.42. The minimum Gasteiger partial charge on any atom is -0.315 e. The molecule has 0 atom stereocenters. The van der Waals surface area contributed by atoms with E-state index in [2.05, 4.69) is 5.32 Å². The van der Waals surface area contributed by atoms with Crippen LogP contribution in [0.2, 0.25) is 0 Å². The molecule has 8 heteroatoms. The third-order valence-corrected chi connectivity index (χ3v) is 2.52. The second-order valence-electron chi connectivity index (χ2n) is 3.65. The number of likely N-dealkylation sites (N-methyl/N-ethyl adjacent to an activating group) is 1. The molecule has 0 radical (unpaired) electrons. The average molecular weight is 256 g/mol. The molecule has 0 aliphatic rings. The first-order chi connectivity index (χ1) is 8.52. The van der Waals surface area contributed by atoms with E-state index in [1.54, 1.807) is 6.92 Å². The van der Waals surface area contributed by atoms with Crippen LogP contribution in [0.5, 0.6) is 0 Å². The van der Waals surface area contributed by atoms with Crippen LogP contribution in [0, 0.1) is 10.1 Å². The van der Waals surface area contributed by atoms with Gasteiger partial charge < -0.3 is 5.32 Å². The van der Waals surface area contributed by atoms with Crippen LogP contribution in [-0.4, -0.2) is 27.1 Å². The lowest BCUT2D eigenvalue weighted by Gasteiger charge is -2.08. The SMILES string of the molecule is CCNCCn1c(=O)c([N+](=O)[O-])cn(CC)c1=O. The first-order valence-corrected chi connectivity index (χ1v) is 5.72. The normalized spacial score (nSPS) is 10.6. The van der Waals surface area contributed by atoms with Crippen LogP contribution in [0.15, 0.2) is 15.8 Å². The van der Waals surface area contributed by atoms with Crippen molar-refractivity contribution in [1.29, 1.82) is 0 Å². The summed E-state index contributed by atoms with van der Waals surface area (Å²) in [7, 11) is 0. The summed E-state index contributed by atoms with van der Waals surface area (Å²) in [6.45, 7) is 5.08. The molecule has 0 aromatic carbocycles. The lowest BCUT2D eigenvalue weighted by atomic mass is 10.4. The molecule has 0 saturated heterocycles. The van der Waals surface area contributed by atoms with Gasteiger partial charge in [0.2, 0.25) is 0 Å². The number of aryl methyl sites for hydroxylation is 1. The van der Waals surface area contributed by atoms with E-state index in [1.165, 1.54) is 0 Å². The monoisotopic (exact) mass is 256 g/mol. The molecular weight excluding hydrogens is 240 g/mol. The Morgan fingerprint density at radius 2 is 2.06 bits per heavy atom. The molecule has 0 saturated carbocycles. The van der Waals surface area contributed by atoms with Crippen molar-refractivity contribution in [2.24, 2.45) is 0 Å². The number of nitrogens with zero attached hydrogens (tertiary/aromatic N) is 3. The van der Waals surface area contributed by atoms with Gasteiger partial charge in [0.25, 0.3) is 0 Å². The topological polar surface area (TPSA) is 99.2 Å². The first-order valence-electron chi connectivity index (χ1n) is 5.72. The van der Waals surface area contributed by atoms with Crippen molar-refractivity contribution in [3.05, 3.63) is 37.1 Å². The largest absolute Gasteiger partial charge is 0.350 e. The van der Waals surface area contributed by atoms with Gasteiger partial charge in [-0.25, -0.2) is 4.79 Å². The second kappa shape index (κ2) is 6.10. The minimum atomic E-state index is -0.854. The number of rotatable bonds is 6. The maximum Gasteiger partial charge on any atom is 0.350 e. The smallest absolute Gasteiger partial charge is 0.315 e. The summed E-state index contributed by atoms with van der Waals surface area (Å²) in [5.74, 6) is 0. The zero-order valence-electron chi connectivity index (χ0n) is 10.4. The highest BCUT2D eigenvalue weighted by atomic mass is 16.6. The summed E-state index contributed by atoms with van der Waals surface area (Å²) >= 11 is 0. The molecule has 1 N–H and O–H groups in total. The van der Waals surface area contributed by atoms with Crippen LogP contribution in [0.3, 0.4) is 0 Å². The van der Waals surface area contributed by atoms with Crippen LogP contribution >= 0.6 is 0 Å². The van der Waals surface area contributed by atoms with Gasteiger partial charge in [-0.15, -0.1) is 0 Å². The van der Waals surface area contributed by atoms with Crippen molar-refractivity contribution in [2.75, 3.05) is 13.1 Å². The summed E-state index contributed by atoms with van der Waals surface area (Å²) < 4.78 is 2.05. The summed E-state index contributed by atoms with van der Waals surface area (Å²) in [6.07, 6.45) is 0.994. The standard InChI is InChI=1S/C10H16N4O4/c1-3-11-5-6-13-9(15)8(14(17)18)7-12(4-2)10(13)16/h7,11H,3-6H2,1-2H3. The molecule has 0 bridgehead atoms. The molecule has 0 amide bonds. The van der Waals surface area contributed by atoms with Gasteiger partial charge in [-0.05, 0) is 13.5 Å². The van der Waals surface area contributed by atoms with Gasteiger partial charge in [-0.3, -0.25) is 24.0 Å². The predicted octanol–water partition coefficient (Wildman–Crippen LogP) is -0.452. The zero-order chi connectivity index (χ0) is 13.7. The molecule has 100 valence electrons. The van der Waals surface area contributed by atoms with Gasteiger partial charge in [-0.2, -0.15) is 0 Å². The van der Waals surface area contributed by atoms with E-state index in [4.69, 9.17) is 0 Å². The van der Waals surface area contributed by atoms with Crippen LogP contribution in [0.4, 0.5) is 5.69 Å². The maximum atomic E-state index is 11.9. The third kappa shape index (κ3) is 2.83. The van der Waals surface area contributed by atoms with Gasteiger partial charge in [0.15, 0.2) is 0 Å². The summed E-state index contributed by atoms with van der Waals surface area (Å²) in [4.78, 5) is 33.6. The lowest BCUT2D eigenvalue weighted by molar-refractivity contribution is -0.387. The van der Waals surface area contributed by atoms with Crippen LogP contribution < -0.4 is 16.6 Å². The molecule has 0 fully saturated rings. The molecule has 8 nitrogen and oxygen atoms in total. The molecule has 1 rings (SSSR count). The second-order valence-corrected chi connectivity index (χ2v) is 3.65. The Kier molecular flexibility index (Phi) is 4.78. The number of nitrogens with one attached hydrogen (secondary N) is 1. The summed E-state index contributed by atoms with van der Waals surface area (Å²) in [5, 5.41) is 13.7. The average Bonchev–Trinajstić information content (AvgIpc) is 2.33. The third-order valence-electron chi connectivity index (χ3n) is 2.52.